The molecule has 0 bridgehead atoms. The number of hydrogen-bond acceptors (Lipinski definition) is 6. The van der Waals surface area contributed by atoms with Gasteiger partial charge < -0.3 is 14.5 Å². The number of aromatic nitrogens is 2. The largest absolute Gasteiger partial charge is 0.415 e. The topological polar surface area (TPSA) is 58.6 Å². The highest BCUT2D eigenvalue weighted by Crippen LogP contribution is 2.36. The van der Waals surface area contributed by atoms with Crippen molar-refractivity contribution in [3.63, 3.8) is 0 Å². The highest BCUT2D eigenvalue weighted by molar-refractivity contribution is 7.15. The molecule has 1 saturated heterocycles. The Hall–Kier alpha value is -2.15. The molecule has 0 atom stereocenters. The maximum Gasteiger partial charge on any atom is 0.415 e. The van der Waals surface area contributed by atoms with Crippen molar-refractivity contribution in [2.75, 3.05) is 31.1 Å². The molecule has 26 heavy (non-hydrogen) atoms. The van der Waals surface area contributed by atoms with E-state index in [0.29, 0.717) is 24.8 Å². The summed E-state index contributed by atoms with van der Waals surface area (Å²) in [6, 6.07) is 9.21. The fraction of sp³-hybridized carbons (Fsp3) is 0.526. The van der Waals surface area contributed by atoms with Gasteiger partial charge in [-0.2, -0.15) is 0 Å². The molecule has 138 valence electrons. The fourth-order valence-electron chi connectivity index (χ4n) is 3.60. The highest BCUT2D eigenvalue weighted by atomic mass is 32.1. The summed E-state index contributed by atoms with van der Waals surface area (Å²) in [6.07, 6.45) is 6.17. The summed E-state index contributed by atoms with van der Waals surface area (Å²) in [5, 5.41) is 11.0. The van der Waals surface area contributed by atoms with Crippen LogP contribution in [0.3, 0.4) is 0 Å². The molecule has 0 spiro atoms. The van der Waals surface area contributed by atoms with Crippen molar-refractivity contribution in [2.45, 2.75) is 38.0 Å². The molecule has 1 saturated carbocycles. The molecule has 6 nitrogen and oxygen atoms in total. The number of amides is 1. The van der Waals surface area contributed by atoms with Gasteiger partial charge in [-0.05, 0) is 25.0 Å². The minimum absolute atomic E-state index is 0.281. The number of hydrogen-bond donors (Lipinski definition) is 0. The molecule has 2 heterocycles. The molecule has 1 aromatic heterocycles. The average molecular weight is 372 g/mol. The van der Waals surface area contributed by atoms with Crippen molar-refractivity contribution in [3.05, 3.63) is 35.3 Å². The number of carbonyl (C=O) groups excluding carboxylic acids is 1. The lowest BCUT2D eigenvalue weighted by atomic mass is 9.90. The maximum absolute atomic E-state index is 12.3. The second-order valence-electron chi connectivity index (χ2n) is 6.91. The lowest BCUT2D eigenvalue weighted by molar-refractivity contribution is 0.149. The van der Waals surface area contributed by atoms with Crippen LogP contribution in [0.2, 0.25) is 0 Å². The summed E-state index contributed by atoms with van der Waals surface area (Å²) in [5.74, 6) is 1.18. The third-order valence-corrected chi connectivity index (χ3v) is 6.29. The standard InChI is InChI=1S/C19H24N4O2S/c24-19(25-16-9-5-2-6-10-16)23-13-11-22(12-14-23)18-21-20-17(26-18)15-7-3-1-4-8-15/h2,5-6,9-10,15H,1,3-4,7-8,11-14H2. The summed E-state index contributed by atoms with van der Waals surface area (Å²) in [5.41, 5.74) is 0. The van der Waals surface area contributed by atoms with Crippen molar-refractivity contribution < 1.29 is 9.53 Å². The molecule has 2 aromatic rings. The molecule has 1 aliphatic carbocycles. The van der Waals surface area contributed by atoms with E-state index in [1.807, 2.05) is 18.2 Å². The molecule has 2 aliphatic rings. The number of ether oxygens (including phenoxy) is 1. The van der Waals surface area contributed by atoms with Crippen LogP contribution in [-0.2, 0) is 0 Å². The number of carbonyl (C=O) groups is 1. The van der Waals surface area contributed by atoms with Gasteiger partial charge in [-0.1, -0.05) is 48.8 Å². The van der Waals surface area contributed by atoms with E-state index in [0.717, 1.165) is 18.2 Å². The SMILES string of the molecule is O=C(Oc1ccccc1)N1CCN(c2nnc(C3CCCCC3)s2)CC1. The third-order valence-electron chi connectivity index (χ3n) is 5.14. The van der Waals surface area contributed by atoms with E-state index in [2.05, 4.69) is 15.1 Å². The predicted octanol–water partition coefficient (Wildman–Crippen LogP) is 3.91. The van der Waals surface area contributed by atoms with Crippen molar-refractivity contribution in [2.24, 2.45) is 0 Å². The molecule has 1 amide bonds. The summed E-state index contributed by atoms with van der Waals surface area (Å²) >= 11 is 1.73. The fourth-order valence-corrected chi connectivity index (χ4v) is 4.67. The predicted molar refractivity (Wildman–Crippen MR) is 102 cm³/mol. The van der Waals surface area contributed by atoms with E-state index in [-0.39, 0.29) is 6.09 Å². The van der Waals surface area contributed by atoms with Gasteiger partial charge in [-0.25, -0.2) is 4.79 Å². The molecule has 2 fully saturated rings. The van der Waals surface area contributed by atoms with Gasteiger partial charge in [-0.3, -0.25) is 0 Å². The van der Waals surface area contributed by atoms with E-state index in [1.165, 1.54) is 37.1 Å². The molecular formula is C19H24N4O2S. The van der Waals surface area contributed by atoms with E-state index in [4.69, 9.17) is 4.74 Å². The first-order chi connectivity index (χ1) is 12.8. The van der Waals surface area contributed by atoms with Crippen LogP contribution in [-0.4, -0.2) is 47.4 Å². The third kappa shape index (κ3) is 3.98. The van der Waals surface area contributed by atoms with Gasteiger partial charge in [0.1, 0.15) is 10.8 Å². The van der Waals surface area contributed by atoms with Crippen LogP contribution in [0.25, 0.3) is 0 Å². The van der Waals surface area contributed by atoms with Crippen LogP contribution in [0.5, 0.6) is 5.75 Å². The first-order valence-corrected chi connectivity index (χ1v) is 10.2. The van der Waals surface area contributed by atoms with Crippen molar-refractivity contribution in [1.82, 2.24) is 15.1 Å². The van der Waals surface area contributed by atoms with Gasteiger partial charge in [0.25, 0.3) is 0 Å². The van der Waals surface area contributed by atoms with Crippen molar-refractivity contribution in [1.29, 1.82) is 0 Å². The Balaban J connectivity index is 1.31. The summed E-state index contributed by atoms with van der Waals surface area (Å²) in [6.45, 7) is 2.82. The first kappa shape index (κ1) is 17.3. The lowest BCUT2D eigenvalue weighted by Gasteiger charge is -2.33. The number of anilines is 1. The Morgan fingerprint density at radius 1 is 1.00 bits per heavy atom. The smallest absolute Gasteiger partial charge is 0.410 e. The number of benzene rings is 1. The second kappa shape index (κ2) is 8.03. The first-order valence-electron chi connectivity index (χ1n) is 9.40. The van der Waals surface area contributed by atoms with E-state index < -0.39 is 0 Å². The lowest BCUT2D eigenvalue weighted by Crippen LogP contribution is -2.49. The Morgan fingerprint density at radius 2 is 1.73 bits per heavy atom. The Labute approximate surface area is 157 Å². The average Bonchev–Trinajstić information content (AvgIpc) is 3.20. The van der Waals surface area contributed by atoms with Crippen molar-refractivity contribution >= 4 is 22.6 Å². The van der Waals surface area contributed by atoms with Crippen LogP contribution in [0, 0.1) is 0 Å². The van der Waals surface area contributed by atoms with Crippen molar-refractivity contribution in [3.8, 4) is 5.75 Å². The monoisotopic (exact) mass is 372 g/mol. The zero-order valence-corrected chi connectivity index (χ0v) is 15.7. The normalized spacial score (nSPS) is 18.8. The van der Waals surface area contributed by atoms with Crippen LogP contribution in [0.15, 0.2) is 30.3 Å². The molecule has 4 rings (SSSR count). The quantitative estimate of drug-likeness (QED) is 0.818. The zero-order chi connectivity index (χ0) is 17.8. The molecule has 1 aliphatic heterocycles. The van der Waals surface area contributed by atoms with Gasteiger partial charge >= 0.3 is 6.09 Å². The summed E-state index contributed by atoms with van der Waals surface area (Å²) in [7, 11) is 0. The van der Waals surface area contributed by atoms with Gasteiger partial charge in [0.05, 0.1) is 0 Å². The Bertz CT molecular complexity index is 722. The zero-order valence-electron chi connectivity index (χ0n) is 14.8. The minimum Gasteiger partial charge on any atom is -0.410 e. The summed E-state index contributed by atoms with van der Waals surface area (Å²) in [4.78, 5) is 16.3. The van der Waals surface area contributed by atoms with Crippen LogP contribution in [0.1, 0.15) is 43.0 Å². The van der Waals surface area contributed by atoms with Gasteiger partial charge in [0.2, 0.25) is 5.13 Å². The van der Waals surface area contributed by atoms with E-state index in [1.54, 1.807) is 28.4 Å². The number of para-hydroxylation sites is 1. The Kier molecular flexibility index (Phi) is 5.34. The molecule has 7 heteroatoms. The van der Waals surface area contributed by atoms with Gasteiger partial charge in [0.15, 0.2) is 0 Å². The Morgan fingerprint density at radius 3 is 2.46 bits per heavy atom. The van der Waals surface area contributed by atoms with Crippen LogP contribution < -0.4 is 9.64 Å². The van der Waals surface area contributed by atoms with Crippen LogP contribution in [0.4, 0.5) is 9.93 Å². The number of piperazine rings is 1. The molecule has 0 N–H and O–H groups in total. The molecular weight excluding hydrogens is 348 g/mol. The van der Waals surface area contributed by atoms with Gasteiger partial charge in [-0.15, -0.1) is 10.2 Å². The van der Waals surface area contributed by atoms with Gasteiger partial charge in [0, 0.05) is 32.1 Å². The van der Waals surface area contributed by atoms with E-state index in [9.17, 15) is 4.79 Å². The van der Waals surface area contributed by atoms with Crippen LogP contribution >= 0.6 is 11.3 Å². The minimum atomic E-state index is -0.281. The molecule has 1 aromatic carbocycles. The second-order valence-corrected chi connectivity index (χ2v) is 7.90. The summed E-state index contributed by atoms with van der Waals surface area (Å²) < 4.78 is 5.42. The molecule has 0 unspecified atom stereocenters. The highest BCUT2D eigenvalue weighted by Gasteiger charge is 2.26. The van der Waals surface area contributed by atoms with E-state index >= 15 is 0 Å². The number of nitrogens with zero attached hydrogens (tertiary/aromatic N) is 4. The number of rotatable bonds is 3. The maximum atomic E-state index is 12.3. The molecule has 0 radical (unpaired) electrons.